The van der Waals surface area contributed by atoms with E-state index in [1.54, 1.807) is 55.5 Å². The molecule has 2 aromatic carbocycles. The van der Waals surface area contributed by atoms with Gasteiger partial charge in [-0.3, -0.25) is 14.5 Å². The van der Waals surface area contributed by atoms with Crippen LogP contribution in [0.3, 0.4) is 0 Å². The van der Waals surface area contributed by atoms with Crippen molar-refractivity contribution in [1.29, 1.82) is 0 Å². The van der Waals surface area contributed by atoms with Crippen molar-refractivity contribution in [3.63, 3.8) is 0 Å². The van der Waals surface area contributed by atoms with E-state index in [0.717, 1.165) is 0 Å². The highest BCUT2D eigenvalue weighted by Crippen LogP contribution is 2.21. The maximum absolute atomic E-state index is 12.8. The number of ether oxygens (including phenoxy) is 1. The molecule has 120 valence electrons. The van der Waals surface area contributed by atoms with Crippen LogP contribution in [0.25, 0.3) is 0 Å². The van der Waals surface area contributed by atoms with Gasteiger partial charge in [0.05, 0.1) is 6.61 Å². The number of amides is 1. The molecule has 1 amide bonds. The van der Waals surface area contributed by atoms with Gasteiger partial charge in [0.1, 0.15) is 6.54 Å². The average Bonchev–Trinajstić information content (AvgIpc) is 2.53. The number of halogens is 1. The largest absolute Gasteiger partial charge is 0.465 e. The Morgan fingerprint density at radius 1 is 1.17 bits per heavy atom. The highest BCUT2D eigenvalue weighted by atomic mass is 35.5. The molecular weight excluding hydrogens is 316 g/mol. The number of rotatable bonds is 5. The van der Waals surface area contributed by atoms with Gasteiger partial charge >= 0.3 is 5.97 Å². The molecular formula is C17H17ClN2O3. The number of carbonyl (C=O) groups is 2. The Kier molecular flexibility index (Phi) is 5.60. The summed E-state index contributed by atoms with van der Waals surface area (Å²) in [6, 6.07) is 13.2. The van der Waals surface area contributed by atoms with Gasteiger partial charge in [0.15, 0.2) is 0 Å². The minimum Gasteiger partial charge on any atom is -0.465 e. The second-order valence-corrected chi connectivity index (χ2v) is 5.23. The second-order valence-electron chi connectivity index (χ2n) is 4.80. The summed E-state index contributed by atoms with van der Waals surface area (Å²) in [6.45, 7) is 1.77. The molecule has 5 nitrogen and oxygen atoms in total. The van der Waals surface area contributed by atoms with E-state index in [0.29, 0.717) is 22.0 Å². The van der Waals surface area contributed by atoms with Gasteiger partial charge in [-0.25, -0.2) is 0 Å². The molecule has 0 spiro atoms. The van der Waals surface area contributed by atoms with Gasteiger partial charge in [-0.1, -0.05) is 17.7 Å². The van der Waals surface area contributed by atoms with Crippen molar-refractivity contribution < 1.29 is 14.3 Å². The predicted molar refractivity (Wildman–Crippen MR) is 90.6 cm³/mol. The maximum atomic E-state index is 12.8. The molecule has 6 heteroatoms. The van der Waals surface area contributed by atoms with Crippen molar-refractivity contribution >= 4 is 34.9 Å². The Bertz CT molecular complexity index is 701. The number of nitrogens with zero attached hydrogens (tertiary/aromatic N) is 1. The standard InChI is InChI=1S/C17H17ClN2O3/c1-2-23-16(21)11-20(15-8-6-13(18)7-9-15)17(22)12-4-3-5-14(19)10-12/h3-10H,2,11,19H2,1H3. The molecule has 0 unspecified atom stereocenters. The van der Waals surface area contributed by atoms with Crippen LogP contribution >= 0.6 is 11.6 Å². The number of esters is 1. The van der Waals surface area contributed by atoms with E-state index in [2.05, 4.69) is 0 Å². The topological polar surface area (TPSA) is 72.6 Å². The van der Waals surface area contributed by atoms with E-state index in [9.17, 15) is 9.59 Å². The van der Waals surface area contributed by atoms with Crippen molar-refractivity contribution in [1.82, 2.24) is 0 Å². The lowest BCUT2D eigenvalue weighted by Crippen LogP contribution is -2.36. The molecule has 0 aliphatic carbocycles. The first-order valence-corrected chi connectivity index (χ1v) is 7.47. The first-order valence-electron chi connectivity index (χ1n) is 7.10. The van der Waals surface area contributed by atoms with Crippen molar-refractivity contribution in [2.24, 2.45) is 0 Å². The third-order valence-electron chi connectivity index (χ3n) is 3.11. The lowest BCUT2D eigenvalue weighted by Gasteiger charge is -2.22. The normalized spacial score (nSPS) is 10.2. The molecule has 23 heavy (non-hydrogen) atoms. The molecule has 0 saturated carbocycles. The van der Waals surface area contributed by atoms with Crippen molar-refractivity contribution in [2.75, 3.05) is 23.8 Å². The number of carbonyl (C=O) groups excluding carboxylic acids is 2. The van der Waals surface area contributed by atoms with E-state index in [4.69, 9.17) is 22.1 Å². The Morgan fingerprint density at radius 2 is 1.87 bits per heavy atom. The number of hydrogen-bond acceptors (Lipinski definition) is 4. The minimum absolute atomic E-state index is 0.191. The number of nitrogen functional groups attached to an aromatic ring is 1. The summed E-state index contributed by atoms with van der Waals surface area (Å²) in [7, 11) is 0. The Hall–Kier alpha value is -2.53. The molecule has 0 fully saturated rings. The number of anilines is 2. The van der Waals surface area contributed by atoms with E-state index >= 15 is 0 Å². The van der Waals surface area contributed by atoms with Gasteiger partial charge in [0, 0.05) is 22.0 Å². The highest BCUT2D eigenvalue weighted by Gasteiger charge is 2.21. The van der Waals surface area contributed by atoms with Crippen LogP contribution in [0.2, 0.25) is 5.02 Å². The number of nitrogens with two attached hydrogens (primary N) is 1. The van der Waals surface area contributed by atoms with Crippen LogP contribution in [-0.2, 0) is 9.53 Å². The molecule has 0 heterocycles. The summed E-state index contributed by atoms with van der Waals surface area (Å²) in [6.07, 6.45) is 0. The van der Waals surface area contributed by atoms with Gasteiger partial charge in [-0.05, 0) is 49.4 Å². The van der Waals surface area contributed by atoms with Crippen LogP contribution in [0, 0.1) is 0 Å². The van der Waals surface area contributed by atoms with Crippen LogP contribution in [0.5, 0.6) is 0 Å². The monoisotopic (exact) mass is 332 g/mol. The third-order valence-corrected chi connectivity index (χ3v) is 3.36. The highest BCUT2D eigenvalue weighted by molar-refractivity contribution is 6.30. The number of hydrogen-bond donors (Lipinski definition) is 1. The van der Waals surface area contributed by atoms with Gasteiger partial charge in [-0.2, -0.15) is 0 Å². The lowest BCUT2D eigenvalue weighted by atomic mass is 10.1. The molecule has 2 aromatic rings. The first-order chi connectivity index (χ1) is 11.0. The quantitative estimate of drug-likeness (QED) is 0.674. The van der Waals surface area contributed by atoms with Crippen LogP contribution in [0.4, 0.5) is 11.4 Å². The zero-order chi connectivity index (χ0) is 16.8. The van der Waals surface area contributed by atoms with Gasteiger partial charge in [-0.15, -0.1) is 0 Å². The summed E-state index contributed by atoms with van der Waals surface area (Å²) in [5.41, 5.74) is 7.14. The van der Waals surface area contributed by atoms with E-state index in [-0.39, 0.29) is 19.1 Å². The summed E-state index contributed by atoms with van der Waals surface area (Å²) in [5, 5.41) is 0.543. The molecule has 0 radical (unpaired) electrons. The third kappa shape index (κ3) is 4.47. The second kappa shape index (κ2) is 7.65. The van der Waals surface area contributed by atoms with Crippen molar-refractivity contribution in [3.05, 3.63) is 59.1 Å². The zero-order valence-corrected chi connectivity index (χ0v) is 13.4. The van der Waals surface area contributed by atoms with Crippen molar-refractivity contribution in [3.8, 4) is 0 Å². The molecule has 0 saturated heterocycles. The summed E-state index contributed by atoms with van der Waals surface area (Å²) < 4.78 is 4.94. The molecule has 0 aliphatic heterocycles. The van der Waals surface area contributed by atoms with Gasteiger partial charge in [0.25, 0.3) is 5.91 Å². The minimum atomic E-state index is -0.486. The van der Waals surface area contributed by atoms with Crippen molar-refractivity contribution in [2.45, 2.75) is 6.92 Å². The Labute approximate surface area is 139 Å². The number of benzene rings is 2. The summed E-state index contributed by atoms with van der Waals surface area (Å²) in [4.78, 5) is 25.9. The predicted octanol–water partition coefficient (Wildman–Crippen LogP) is 3.13. The molecule has 0 bridgehead atoms. The van der Waals surface area contributed by atoms with Gasteiger partial charge in [0.2, 0.25) is 0 Å². The fourth-order valence-electron chi connectivity index (χ4n) is 2.06. The van der Waals surface area contributed by atoms with E-state index < -0.39 is 5.97 Å². The smallest absolute Gasteiger partial charge is 0.326 e. The fraction of sp³-hybridized carbons (Fsp3) is 0.176. The molecule has 2 rings (SSSR count). The van der Waals surface area contributed by atoms with E-state index in [1.165, 1.54) is 4.90 Å². The molecule has 0 aliphatic rings. The SMILES string of the molecule is CCOC(=O)CN(C(=O)c1cccc(N)c1)c1ccc(Cl)cc1. The fourth-order valence-corrected chi connectivity index (χ4v) is 2.19. The Morgan fingerprint density at radius 3 is 2.48 bits per heavy atom. The van der Waals surface area contributed by atoms with Crippen LogP contribution < -0.4 is 10.6 Å². The van der Waals surface area contributed by atoms with Crippen LogP contribution in [-0.4, -0.2) is 25.0 Å². The Balaban J connectivity index is 2.34. The van der Waals surface area contributed by atoms with Crippen LogP contribution in [0.1, 0.15) is 17.3 Å². The van der Waals surface area contributed by atoms with E-state index in [1.807, 2.05) is 0 Å². The summed E-state index contributed by atoms with van der Waals surface area (Å²) in [5.74, 6) is -0.827. The van der Waals surface area contributed by atoms with Crippen LogP contribution in [0.15, 0.2) is 48.5 Å². The zero-order valence-electron chi connectivity index (χ0n) is 12.7. The molecule has 0 atom stereocenters. The van der Waals surface area contributed by atoms with Gasteiger partial charge < -0.3 is 10.5 Å². The maximum Gasteiger partial charge on any atom is 0.326 e. The molecule has 2 N–H and O–H groups in total. The summed E-state index contributed by atoms with van der Waals surface area (Å²) >= 11 is 5.88. The lowest BCUT2D eigenvalue weighted by molar-refractivity contribution is -0.141. The first kappa shape index (κ1) is 16.8. The molecule has 0 aromatic heterocycles. The average molecular weight is 333 g/mol.